The number of pyridine rings is 2. The number of aryl methyl sites for hydroxylation is 4. The molecule has 0 saturated carbocycles. The Labute approximate surface area is 247 Å². The van der Waals surface area contributed by atoms with Crippen molar-refractivity contribution in [3.63, 3.8) is 0 Å². The summed E-state index contributed by atoms with van der Waals surface area (Å²) in [6.07, 6.45) is 12.4. The highest BCUT2D eigenvalue weighted by atomic mass is 32.2. The third-order valence-corrected chi connectivity index (χ3v) is 7.79. The summed E-state index contributed by atoms with van der Waals surface area (Å²) in [5.41, 5.74) is 5.65. The Hall–Kier alpha value is -4.16. The van der Waals surface area contributed by atoms with Gasteiger partial charge in [0.25, 0.3) is 0 Å². The van der Waals surface area contributed by atoms with Gasteiger partial charge in [-0.15, -0.1) is 0 Å². The average molecular weight is 608 g/mol. The number of aromatic amines is 2. The molecular weight excluding hydrogens is 574 g/mol. The van der Waals surface area contributed by atoms with Gasteiger partial charge in [-0.2, -0.15) is 0 Å². The summed E-state index contributed by atoms with van der Waals surface area (Å²) in [5.74, 6) is 0. The van der Waals surface area contributed by atoms with E-state index in [1.165, 1.54) is 41.1 Å². The van der Waals surface area contributed by atoms with E-state index in [9.17, 15) is 25.9 Å². The van der Waals surface area contributed by atoms with Gasteiger partial charge in [0.15, 0.2) is 24.8 Å². The van der Waals surface area contributed by atoms with Crippen LogP contribution >= 0.6 is 0 Å². The molecule has 0 unspecified atom stereocenters. The van der Waals surface area contributed by atoms with Crippen LogP contribution in [0.5, 0.6) is 0 Å². The van der Waals surface area contributed by atoms with Crippen LogP contribution < -0.4 is 9.55 Å². The molecule has 5 rings (SSSR count). The largest absolute Gasteiger partial charge is 0.744 e. The highest BCUT2D eigenvalue weighted by molar-refractivity contribution is 7.86. The van der Waals surface area contributed by atoms with Gasteiger partial charge in [0.05, 0.1) is 9.79 Å². The van der Waals surface area contributed by atoms with Gasteiger partial charge in [-0.3, -0.25) is 0 Å². The maximum atomic E-state index is 10.4. The predicted molar refractivity (Wildman–Crippen MR) is 156 cm³/mol. The van der Waals surface area contributed by atoms with Crippen LogP contribution in [0.3, 0.4) is 0 Å². The molecular formula is C31H33N3O6S2. The molecule has 3 aromatic heterocycles. The van der Waals surface area contributed by atoms with Gasteiger partial charge >= 0.3 is 0 Å². The molecule has 0 amide bonds. The molecule has 220 valence electrons. The first-order valence-corrected chi connectivity index (χ1v) is 15.9. The first-order valence-electron chi connectivity index (χ1n) is 13.0. The molecule has 0 aliphatic rings. The van der Waals surface area contributed by atoms with Crippen LogP contribution in [0, 0.1) is 13.8 Å². The number of nitrogens with zero attached hydrogens (tertiary/aromatic N) is 1. The number of benzene rings is 2. The van der Waals surface area contributed by atoms with Crippen LogP contribution in [-0.2, 0) is 33.2 Å². The molecule has 0 fully saturated rings. The third kappa shape index (κ3) is 11.0. The van der Waals surface area contributed by atoms with Crippen molar-refractivity contribution >= 4 is 20.2 Å². The second-order valence-corrected chi connectivity index (χ2v) is 12.2. The normalized spacial score (nSPS) is 11.0. The molecule has 42 heavy (non-hydrogen) atoms. The summed E-state index contributed by atoms with van der Waals surface area (Å²) >= 11 is 0. The van der Waals surface area contributed by atoms with Gasteiger partial charge in [-0.1, -0.05) is 35.4 Å². The maximum absolute atomic E-state index is 10.4. The number of rotatable bonds is 7. The lowest BCUT2D eigenvalue weighted by atomic mass is 10.1. The molecule has 11 heteroatoms. The monoisotopic (exact) mass is 607 g/mol. The van der Waals surface area contributed by atoms with E-state index in [1.54, 1.807) is 24.3 Å². The summed E-state index contributed by atoms with van der Waals surface area (Å²) < 4.78 is 64.6. The highest BCUT2D eigenvalue weighted by Crippen LogP contribution is 2.15. The van der Waals surface area contributed by atoms with Gasteiger partial charge in [-0.05, 0) is 67.8 Å². The zero-order valence-electron chi connectivity index (χ0n) is 23.3. The Kier molecular flexibility index (Phi) is 11.7. The Morgan fingerprint density at radius 1 is 0.690 bits per heavy atom. The number of hydrogen-bond acceptors (Lipinski definition) is 6. The van der Waals surface area contributed by atoms with Gasteiger partial charge in [0, 0.05) is 42.6 Å². The van der Waals surface area contributed by atoms with E-state index < -0.39 is 20.2 Å². The zero-order valence-corrected chi connectivity index (χ0v) is 24.9. The van der Waals surface area contributed by atoms with Crippen molar-refractivity contribution in [2.24, 2.45) is 0 Å². The molecule has 2 aromatic carbocycles. The fourth-order valence-corrected chi connectivity index (χ4v) is 4.70. The second-order valence-electron chi connectivity index (χ2n) is 9.45. The van der Waals surface area contributed by atoms with Crippen LogP contribution in [0.15, 0.2) is 126 Å². The van der Waals surface area contributed by atoms with Gasteiger partial charge in [0.1, 0.15) is 26.8 Å². The first kappa shape index (κ1) is 32.4. The lowest BCUT2D eigenvalue weighted by Gasteiger charge is -2.05. The molecule has 0 aliphatic heterocycles. The first-order chi connectivity index (χ1) is 19.9. The molecule has 0 bridgehead atoms. The fourth-order valence-electron chi connectivity index (χ4n) is 3.76. The highest BCUT2D eigenvalue weighted by Gasteiger charge is 2.04. The van der Waals surface area contributed by atoms with Crippen LogP contribution in [0.1, 0.15) is 23.2 Å². The Balaban J connectivity index is 0.000000188. The Morgan fingerprint density at radius 3 is 1.60 bits per heavy atom. The quantitative estimate of drug-likeness (QED) is 0.216. The Bertz CT molecular complexity index is 1650. The Morgan fingerprint density at radius 2 is 1.17 bits per heavy atom. The number of H-pyrrole nitrogens is 2. The van der Waals surface area contributed by atoms with Crippen LogP contribution in [0.4, 0.5) is 0 Å². The lowest BCUT2D eigenvalue weighted by Crippen LogP contribution is -2.32. The molecule has 0 spiro atoms. The SMILES string of the molecule is Cc1ccc(S(=O)(=O)[O-])cc1.Cc1ccc(S(=O)(=O)[O-])cc1.c1c[nH]c(CCC[n+]2ccc(-c3cc[nH+]cc3)cc2)c1. The van der Waals surface area contributed by atoms with E-state index in [0.717, 1.165) is 30.5 Å². The van der Waals surface area contributed by atoms with Gasteiger partial charge in [0.2, 0.25) is 0 Å². The van der Waals surface area contributed by atoms with Crippen LogP contribution in [-0.4, -0.2) is 30.9 Å². The fraction of sp³-hybridized carbons (Fsp3) is 0.161. The average Bonchev–Trinajstić information content (AvgIpc) is 3.48. The van der Waals surface area contributed by atoms with Crippen molar-refractivity contribution in [3.05, 3.63) is 133 Å². The van der Waals surface area contributed by atoms with Crippen molar-refractivity contribution in [2.45, 2.75) is 43.0 Å². The zero-order chi connectivity index (χ0) is 30.6. The van der Waals surface area contributed by atoms with Crippen LogP contribution in [0.25, 0.3) is 11.1 Å². The summed E-state index contributed by atoms with van der Waals surface area (Å²) in [6.45, 7) is 4.68. The summed E-state index contributed by atoms with van der Waals surface area (Å²) in [7, 11) is -8.54. The van der Waals surface area contributed by atoms with Crippen molar-refractivity contribution in [1.29, 1.82) is 0 Å². The third-order valence-electron chi connectivity index (χ3n) is 6.09. The summed E-state index contributed by atoms with van der Waals surface area (Å²) in [5, 5.41) is 0. The standard InChI is InChI=1S/C17H18N3.2C7H8O3S/c1-3-17(19-9-1)4-2-12-20-13-7-16(8-14-20)15-5-10-18-11-6-15;2*1-6-2-4-7(5-3-6)11(8,9)10/h1,3,5-11,13-14,19H,2,4,12H2;2*2-5H,1H3,(H,8,9,10)/q+1;;/p-1. The van der Waals surface area contributed by atoms with Crippen molar-refractivity contribution in [1.82, 2.24) is 4.98 Å². The molecule has 9 nitrogen and oxygen atoms in total. The van der Waals surface area contributed by atoms with Crippen molar-refractivity contribution < 1.29 is 35.5 Å². The van der Waals surface area contributed by atoms with Crippen molar-refractivity contribution in [3.8, 4) is 11.1 Å². The van der Waals surface area contributed by atoms with Crippen molar-refractivity contribution in [2.75, 3.05) is 0 Å². The van der Waals surface area contributed by atoms with E-state index in [1.807, 2.05) is 32.4 Å². The lowest BCUT2D eigenvalue weighted by molar-refractivity contribution is -0.697. The number of nitrogens with one attached hydrogen (secondary N) is 2. The summed E-state index contributed by atoms with van der Waals surface area (Å²) in [6, 6.07) is 24.3. The molecule has 0 aliphatic carbocycles. The molecule has 2 N–H and O–H groups in total. The molecule has 3 heterocycles. The molecule has 0 atom stereocenters. The molecule has 0 radical (unpaired) electrons. The van der Waals surface area contributed by atoms with E-state index in [2.05, 4.69) is 63.3 Å². The van der Waals surface area contributed by atoms with E-state index >= 15 is 0 Å². The van der Waals surface area contributed by atoms with E-state index in [0.29, 0.717) is 0 Å². The smallest absolute Gasteiger partial charge is 0.169 e. The number of aromatic nitrogens is 3. The minimum absolute atomic E-state index is 0.178. The van der Waals surface area contributed by atoms with E-state index in [4.69, 9.17) is 0 Å². The maximum Gasteiger partial charge on any atom is 0.169 e. The van der Waals surface area contributed by atoms with E-state index in [-0.39, 0.29) is 9.79 Å². The number of hydrogen-bond donors (Lipinski definition) is 1. The topological polar surface area (TPSA) is 148 Å². The minimum Gasteiger partial charge on any atom is -0.744 e. The van der Waals surface area contributed by atoms with Crippen LogP contribution in [0.2, 0.25) is 0 Å². The predicted octanol–water partition coefficient (Wildman–Crippen LogP) is 4.21. The molecule has 0 saturated heterocycles. The molecule has 5 aromatic rings. The van der Waals surface area contributed by atoms with Gasteiger partial charge in [-0.25, -0.2) is 26.4 Å². The summed E-state index contributed by atoms with van der Waals surface area (Å²) in [4.78, 5) is 5.93. The second kappa shape index (κ2) is 15.2. The van der Waals surface area contributed by atoms with Gasteiger partial charge < -0.3 is 14.1 Å². The minimum atomic E-state index is -4.27.